The quantitative estimate of drug-likeness (QED) is 0.359. The minimum atomic E-state index is 0. The van der Waals surface area contributed by atoms with Gasteiger partial charge < -0.3 is 0 Å². The molecule has 0 bridgehead atoms. The van der Waals surface area contributed by atoms with Crippen LogP contribution in [0.4, 0.5) is 0 Å². The van der Waals surface area contributed by atoms with Gasteiger partial charge in [0, 0.05) is 0 Å². The second-order valence-electron chi connectivity index (χ2n) is 3.77. The van der Waals surface area contributed by atoms with E-state index in [9.17, 15) is 0 Å². The smallest absolute Gasteiger partial charge is 0.213 e. The van der Waals surface area contributed by atoms with Gasteiger partial charge in [-0.25, -0.2) is 18.2 Å². The zero-order valence-electron chi connectivity index (χ0n) is 10.2. The van der Waals surface area contributed by atoms with Crippen LogP contribution in [0.3, 0.4) is 0 Å². The molecule has 0 aromatic heterocycles. The van der Waals surface area contributed by atoms with Gasteiger partial charge in [-0.2, -0.15) is 30.3 Å². The molecule has 0 N–H and O–H groups in total. The van der Waals surface area contributed by atoms with Crippen LogP contribution in [0.25, 0.3) is 0 Å². The zero-order chi connectivity index (χ0) is 12.6. The topological polar surface area (TPSA) is 0 Å². The molecule has 0 aliphatic carbocycles. The summed E-state index contributed by atoms with van der Waals surface area (Å²) in [5.74, 6) is 0. The minimum Gasteiger partial charge on any atom is -0.213 e. The first-order valence-corrected chi connectivity index (χ1v) is 7.55. The van der Waals surface area contributed by atoms with Gasteiger partial charge in [0.05, 0.1) is 0 Å². The van der Waals surface area contributed by atoms with Gasteiger partial charge in [-0.05, 0) is 5.30 Å². The molecule has 0 aliphatic heterocycles. The molecule has 0 nitrogen and oxygen atoms in total. The Labute approximate surface area is 135 Å². The number of halogens is 1. The van der Waals surface area contributed by atoms with Crippen molar-refractivity contribution in [2.45, 2.75) is 0 Å². The maximum absolute atomic E-state index is 3.28. The van der Waals surface area contributed by atoms with Crippen molar-refractivity contribution < 1.29 is 17.1 Å². The summed E-state index contributed by atoms with van der Waals surface area (Å²) < 4.78 is 1.16. The van der Waals surface area contributed by atoms with Crippen molar-refractivity contribution in [3.63, 3.8) is 0 Å². The zero-order valence-corrected chi connectivity index (χ0v) is 13.9. The summed E-state index contributed by atoms with van der Waals surface area (Å²) in [6.45, 7) is 0. The van der Waals surface area contributed by atoms with Crippen molar-refractivity contribution in [2.24, 2.45) is 0 Å². The first kappa shape index (κ1) is 16.4. The molecular weight excluding hydrogens is 359 g/mol. The Kier molecular flexibility index (Phi) is 8.02. The maximum Gasteiger partial charge on any atom is 2.00 e. The van der Waals surface area contributed by atoms with Crippen LogP contribution in [0.5, 0.6) is 0 Å². The number of rotatable bonds is 2. The Balaban J connectivity index is 0.000000220. The van der Waals surface area contributed by atoms with E-state index in [2.05, 4.69) is 70.5 Å². The Morgan fingerprint density at radius 1 is 0.789 bits per heavy atom. The minimum absolute atomic E-state index is 0. The second kappa shape index (κ2) is 9.28. The molecule has 0 heterocycles. The molecule has 0 radical (unpaired) electrons. The van der Waals surface area contributed by atoms with E-state index < -0.39 is 0 Å². The third-order valence-electron chi connectivity index (χ3n) is 2.35. The molecule has 98 valence electrons. The van der Waals surface area contributed by atoms with Gasteiger partial charge in [0.2, 0.25) is 0 Å². The van der Waals surface area contributed by atoms with Crippen LogP contribution >= 0.6 is 24.5 Å². The fraction of sp³-hybridized carbons (Fsp3) is 0. The maximum atomic E-state index is 3.28. The predicted octanol–water partition coefficient (Wildman–Crippen LogP) is 4.20. The normalized spacial score (nSPS) is 9.74. The average Bonchev–Trinajstić information content (AvgIpc) is 3.05. The van der Waals surface area contributed by atoms with E-state index >= 15 is 0 Å². The molecule has 3 heteroatoms. The van der Waals surface area contributed by atoms with Gasteiger partial charge in [0.25, 0.3) is 0 Å². The van der Waals surface area contributed by atoms with Gasteiger partial charge in [0.1, 0.15) is 0 Å². The van der Waals surface area contributed by atoms with Crippen molar-refractivity contribution in [3.05, 3.63) is 83.3 Å². The van der Waals surface area contributed by atoms with Crippen molar-refractivity contribution in [3.8, 4) is 0 Å². The second-order valence-corrected chi connectivity index (χ2v) is 6.09. The van der Waals surface area contributed by atoms with Crippen LogP contribution in [0.15, 0.2) is 83.3 Å². The first-order valence-electron chi connectivity index (χ1n) is 5.75. The van der Waals surface area contributed by atoms with Crippen LogP contribution in [0.2, 0.25) is 0 Å². The average molecular weight is 373 g/mol. The summed E-state index contributed by atoms with van der Waals surface area (Å²) in [6.07, 6.45) is 0. The van der Waals surface area contributed by atoms with Gasteiger partial charge in [-0.1, -0.05) is 54.8 Å². The Morgan fingerprint density at radius 3 is 1.95 bits per heavy atom. The largest absolute Gasteiger partial charge is 2.00 e. The van der Waals surface area contributed by atoms with E-state index in [1.807, 2.05) is 24.3 Å². The van der Waals surface area contributed by atoms with Crippen LogP contribution in [-0.2, 0) is 17.1 Å². The van der Waals surface area contributed by atoms with Crippen molar-refractivity contribution in [1.82, 2.24) is 0 Å². The van der Waals surface area contributed by atoms with Gasteiger partial charge in [-0.15, -0.1) is 9.78 Å². The van der Waals surface area contributed by atoms with E-state index in [1.54, 1.807) is 0 Å². The van der Waals surface area contributed by atoms with E-state index in [0.29, 0.717) is 0 Å². The molecule has 3 aromatic rings. The van der Waals surface area contributed by atoms with Gasteiger partial charge >= 0.3 is 17.1 Å². The predicted molar refractivity (Wildman–Crippen MR) is 85.8 cm³/mol. The van der Waals surface area contributed by atoms with Crippen molar-refractivity contribution in [1.29, 1.82) is 0 Å². The van der Waals surface area contributed by atoms with Crippen molar-refractivity contribution >= 4 is 35.1 Å². The molecule has 19 heavy (non-hydrogen) atoms. The molecule has 3 aromatic carbocycles. The molecule has 0 amide bonds. The third kappa shape index (κ3) is 6.36. The summed E-state index contributed by atoms with van der Waals surface area (Å²) in [6, 6.07) is 27.1. The molecule has 1 unspecified atom stereocenters. The fourth-order valence-corrected chi connectivity index (χ4v) is 2.85. The molecule has 3 rings (SSSR count). The number of hydrogen-bond donors (Lipinski definition) is 0. The summed E-state index contributed by atoms with van der Waals surface area (Å²) >= 11 is 3.28. The van der Waals surface area contributed by atoms with Crippen LogP contribution < -0.4 is 10.6 Å². The summed E-state index contributed by atoms with van der Waals surface area (Å²) in [7, 11) is 0.801. The van der Waals surface area contributed by atoms with Crippen molar-refractivity contribution in [2.75, 3.05) is 0 Å². The summed E-state index contributed by atoms with van der Waals surface area (Å²) in [5, 5.41) is 2.82. The number of benzene rings is 1. The van der Waals surface area contributed by atoms with E-state index in [1.165, 1.54) is 10.6 Å². The molecular formula is C16H14BrFeP. The molecule has 0 spiro atoms. The Bertz CT molecular complexity index is 529. The molecule has 0 saturated heterocycles. The van der Waals surface area contributed by atoms with E-state index in [-0.39, 0.29) is 17.1 Å². The third-order valence-corrected chi connectivity index (χ3v) is 4.12. The first-order chi connectivity index (χ1) is 8.84. The van der Waals surface area contributed by atoms with E-state index in [0.717, 1.165) is 13.1 Å². The summed E-state index contributed by atoms with van der Waals surface area (Å²) in [5.41, 5.74) is 0. The molecule has 1 atom stereocenters. The van der Waals surface area contributed by atoms with Gasteiger partial charge in [0.15, 0.2) is 0 Å². The van der Waals surface area contributed by atoms with Crippen LogP contribution in [0, 0.1) is 0 Å². The van der Waals surface area contributed by atoms with Crippen LogP contribution in [-0.4, -0.2) is 0 Å². The van der Waals surface area contributed by atoms with Gasteiger partial charge in [-0.3, -0.25) is 0 Å². The van der Waals surface area contributed by atoms with E-state index in [4.69, 9.17) is 0 Å². The molecule has 0 saturated carbocycles. The standard InChI is InChI=1S/C11H10P.C5H4Br.Fe/c1-2-6-10(7-3-1)12-11-8-4-5-9-11;6-5-3-1-2-4-5;/h1-9,12H;1-4H;/q2*-1;+2. The Morgan fingerprint density at radius 2 is 1.47 bits per heavy atom. The summed E-state index contributed by atoms with van der Waals surface area (Å²) in [4.78, 5) is 0. The SMILES string of the molecule is Brc1ccc[cH-]1.[Fe+2].c1ccc(Pc2ccc[cH-]2)cc1. The molecule has 0 fully saturated rings. The fourth-order valence-electron chi connectivity index (χ4n) is 1.50. The monoisotopic (exact) mass is 372 g/mol. The number of hydrogen-bond acceptors (Lipinski definition) is 0. The molecule has 0 aliphatic rings. The van der Waals surface area contributed by atoms with Crippen LogP contribution in [0.1, 0.15) is 0 Å². The Hall–Kier alpha value is -0.651.